The lowest BCUT2D eigenvalue weighted by atomic mass is 10.1. The van der Waals surface area contributed by atoms with Crippen LogP contribution in [0, 0.1) is 0 Å². The lowest BCUT2D eigenvalue weighted by Gasteiger charge is -2.07. The fraction of sp³-hybridized carbons (Fsp3) is 0.0833. The summed E-state index contributed by atoms with van der Waals surface area (Å²) in [5.74, 6) is 0. The fourth-order valence-electron chi connectivity index (χ4n) is 1.83. The van der Waals surface area contributed by atoms with Gasteiger partial charge in [-0.25, -0.2) is 5.10 Å². The molecular weight excluding hydrogens is 291 g/mol. The number of fused-ring (bicyclic) bond motifs is 1. The third kappa shape index (κ3) is 2.07. The van der Waals surface area contributed by atoms with E-state index in [1.165, 1.54) is 18.3 Å². The average Bonchev–Trinajstić information content (AvgIpc) is 2.88. The summed E-state index contributed by atoms with van der Waals surface area (Å²) in [5.41, 5.74) is -0.204. The number of nitrogens with zero attached hydrogens (tertiary/aromatic N) is 2. The predicted octanol–water partition coefficient (Wildman–Crippen LogP) is 3.07. The monoisotopic (exact) mass is 297 g/mol. The Kier molecular flexibility index (Phi) is 2.82. The molecule has 0 radical (unpaired) electrons. The van der Waals surface area contributed by atoms with E-state index in [1.54, 1.807) is 0 Å². The van der Waals surface area contributed by atoms with E-state index in [4.69, 9.17) is 0 Å². The van der Waals surface area contributed by atoms with Crippen molar-refractivity contribution in [3.63, 3.8) is 0 Å². The smallest absolute Gasteiger partial charge is 0.266 e. The van der Waals surface area contributed by atoms with Crippen molar-refractivity contribution in [1.29, 1.82) is 0 Å². The minimum absolute atomic E-state index is 0.363. The Labute approximate surface area is 114 Å². The number of H-pyrrole nitrogens is 1. The molecule has 3 rings (SSSR count). The number of benzene rings is 1. The molecule has 0 atom stereocenters. The van der Waals surface area contributed by atoms with Crippen LogP contribution in [0.2, 0.25) is 0 Å². The average molecular weight is 297 g/mol. The number of hydrogen-bond donors (Lipinski definition) is 1. The summed E-state index contributed by atoms with van der Waals surface area (Å²) in [5, 5.41) is 6.73. The van der Waals surface area contributed by atoms with Gasteiger partial charge >= 0.3 is 6.18 Å². The van der Waals surface area contributed by atoms with E-state index >= 15 is 0 Å². The summed E-state index contributed by atoms with van der Waals surface area (Å²) in [6, 6.07) is 4.60. The van der Waals surface area contributed by atoms with Crippen LogP contribution in [0.4, 0.5) is 13.2 Å². The van der Waals surface area contributed by atoms with Crippen molar-refractivity contribution in [3.8, 4) is 11.3 Å². The molecular formula is C12H6F3N3OS. The Morgan fingerprint density at radius 1 is 1.15 bits per heavy atom. The molecule has 0 spiro atoms. The van der Waals surface area contributed by atoms with E-state index < -0.39 is 11.7 Å². The van der Waals surface area contributed by atoms with Crippen LogP contribution in [0.15, 0.2) is 35.3 Å². The second-order valence-corrected chi connectivity index (χ2v) is 4.85. The van der Waals surface area contributed by atoms with Crippen molar-refractivity contribution >= 4 is 21.6 Å². The number of aromatic nitrogens is 3. The molecule has 102 valence electrons. The quantitative estimate of drug-likeness (QED) is 0.751. The second-order valence-electron chi connectivity index (χ2n) is 4.05. The molecule has 20 heavy (non-hydrogen) atoms. The number of aromatic amines is 1. The van der Waals surface area contributed by atoms with E-state index in [1.807, 2.05) is 0 Å². The normalized spacial score (nSPS) is 11.9. The molecule has 0 aliphatic carbocycles. The Bertz CT molecular complexity index is 820. The third-order valence-electron chi connectivity index (χ3n) is 2.79. The topological polar surface area (TPSA) is 58.6 Å². The zero-order valence-electron chi connectivity index (χ0n) is 9.73. The highest BCUT2D eigenvalue weighted by atomic mass is 32.1. The van der Waals surface area contributed by atoms with E-state index in [9.17, 15) is 18.0 Å². The van der Waals surface area contributed by atoms with Crippen LogP contribution in [0.5, 0.6) is 0 Å². The molecule has 0 saturated carbocycles. The van der Waals surface area contributed by atoms with Crippen LogP contribution in [-0.2, 0) is 6.18 Å². The van der Waals surface area contributed by atoms with Gasteiger partial charge in [-0.1, -0.05) is 12.1 Å². The summed E-state index contributed by atoms with van der Waals surface area (Å²) in [6.45, 7) is 0. The van der Waals surface area contributed by atoms with Crippen LogP contribution in [0.3, 0.4) is 0 Å². The van der Waals surface area contributed by atoms with Gasteiger partial charge in [0.15, 0.2) is 0 Å². The van der Waals surface area contributed by atoms with Gasteiger partial charge in [0, 0.05) is 10.9 Å². The summed E-state index contributed by atoms with van der Waals surface area (Å²) >= 11 is 1.02. The van der Waals surface area contributed by atoms with E-state index in [2.05, 4.69) is 14.6 Å². The zero-order chi connectivity index (χ0) is 14.3. The Balaban J connectivity index is 2.14. The zero-order valence-corrected chi connectivity index (χ0v) is 10.5. The first-order chi connectivity index (χ1) is 9.47. The van der Waals surface area contributed by atoms with Gasteiger partial charge in [0.2, 0.25) is 0 Å². The van der Waals surface area contributed by atoms with Gasteiger partial charge in [0.25, 0.3) is 5.56 Å². The van der Waals surface area contributed by atoms with Crippen LogP contribution < -0.4 is 5.56 Å². The molecule has 0 fully saturated rings. The van der Waals surface area contributed by atoms with E-state index in [-0.39, 0.29) is 5.56 Å². The highest BCUT2D eigenvalue weighted by Gasteiger charge is 2.30. The Morgan fingerprint density at radius 2 is 1.85 bits per heavy atom. The van der Waals surface area contributed by atoms with Crippen molar-refractivity contribution in [1.82, 2.24) is 14.6 Å². The molecule has 0 aliphatic rings. The van der Waals surface area contributed by atoms with Gasteiger partial charge in [-0.15, -0.1) is 0 Å². The maximum absolute atomic E-state index is 12.5. The molecule has 0 aliphatic heterocycles. The molecule has 8 heteroatoms. The Hall–Kier alpha value is -2.22. The van der Waals surface area contributed by atoms with Gasteiger partial charge < -0.3 is 0 Å². The Morgan fingerprint density at radius 3 is 2.50 bits per heavy atom. The predicted molar refractivity (Wildman–Crippen MR) is 68.5 cm³/mol. The van der Waals surface area contributed by atoms with E-state index in [0.29, 0.717) is 21.3 Å². The van der Waals surface area contributed by atoms with Gasteiger partial charge in [0.1, 0.15) is 10.4 Å². The van der Waals surface area contributed by atoms with Gasteiger partial charge in [-0.2, -0.15) is 22.6 Å². The van der Waals surface area contributed by atoms with E-state index in [0.717, 1.165) is 23.7 Å². The van der Waals surface area contributed by atoms with Crippen LogP contribution in [0.25, 0.3) is 21.3 Å². The number of rotatable bonds is 1. The third-order valence-corrected chi connectivity index (χ3v) is 3.59. The summed E-state index contributed by atoms with van der Waals surface area (Å²) in [4.78, 5) is 11.5. The first kappa shape index (κ1) is 12.8. The van der Waals surface area contributed by atoms with Crippen molar-refractivity contribution in [3.05, 3.63) is 46.4 Å². The molecule has 1 N–H and O–H groups in total. The van der Waals surface area contributed by atoms with Crippen molar-refractivity contribution in [2.24, 2.45) is 0 Å². The van der Waals surface area contributed by atoms with Crippen molar-refractivity contribution in [2.75, 3.05) is 0 Å². The molecule has 0 amide bonds. The fourth-order valence-corrected chi connectivity index (χ4v) is 2.47. The van der Waals surface area contributed by atoms with Crippen molar-refractivity contribution < 1.29 is 13.2 Å². The highest BCUT2D eigenvalue weighted by Crippen LogP contribution is 2.32. The first-order valence-electron chi connectivity index (χ1n) is 5.47. The number of halogens is 3. The minimum atomic E-state index is -4.38. The van der Waals surface area contributed by atoms with Gasteiger partial charge in [-0.3, -0.25) is 4.79 Å². The number of alkyl halides is 3. The summed E-state index contributed by atoms with van der Waals surface area (Å²) in [6.07, 6.45) is -2.90. The molecule has 4 nitrogen and oxygen atoms in total. The van der Waals surface area contributed by atoms with Crippen LogP contribution >= 0.6 is 11.5 Å². The maximum Gasteiger partial charge on any atom is 0.416 e. The van der Waals surface area contributed by atoms with Crippen LogP contribution in [-0.4, -0.2) is 14.6 Å². The van der Waals surface area contributed by atoms with Crippen LogP contribution in [0.1, 0.15) is 5.56 Å². The number of nitrogens with one attached hydrogen (secondary N) is 1. The largest absolute Gasteiger partial charge is 0.416 e. The lowest BCUT2D eigenvalue weighted by molar-refractivity contribution is -0.137. The highest BCUT2D eigenvalue weighted by molar-refractivity contribution is 7.13. The molecule has 1 aromatic carbocycles. The maximum atomic E-state index is 12.5. The molecule has 0 saturated heterocycles. The molecule has 0 bridgehead atoms. The first-order valence-corrected chi connectivity index (χ1v) is 6.25. The van der Waals surface area contributed by atoms with Gasteiger partial charge in [-0.05, 0) is 23.7 Å². The standard InChI is InChI=1S/C12H6F3N3OS/c13-12(14,15)7-3-1-6(2-4-7)9-8-5-16-20-10(8)11(19)18-17-9/h1-5H,(H,18,19). The molecule has 0 unspecified atom stereocenters. The van der Waals surface area contributed by atoms with Gasteiger partial charge in [0.05, 0.1) is 11.8 Å². The minimum Gasteiger partial charge on any atom is -0.266 e. The molecule has 3 aromatic rings. The lowest BCUT2D eigenvalue weighted by Crippen LogP contribution is -2.08. The number of hydrogen-bond acceptors (Lipinski definition) is 4. The second kappa shape index (κ2) is 4.41. The van der Waals surface area contributed by atoms with Crippen molar-refractivity contribution in [2.45, 2.75) is 6.18 Å². The summed E-state index contributed by atoms with van der Waals surface area (Å²) in [7, 11) is 0. The summed E-state index contributed by atoms with van der Waals surface area (Å²) < 4.78 is 41.8. The molecule has 2 heterocycles. The SMILES string of the molecule is O=c1[nH]nc(-c2ccc(C(F)(F)F)cc2)c2cnsc12. The molecule has 2 aromatic heterocycles.